The molecule has 0 fully saturated rings. The average molecular weight is 311 g/mol. The maximum Gasteiger partial charge on any atom is 0.236 e. The molecule has 1 atom stereocenters. The Hall–Kier alpha value is -1.07. The molecule has 1 N–H and O–H groups in total. The number of nitrogens with zero attached hydrogens (tertiary/aromatic N) is 1. The molecule has 0 aliphatic carbocycles. The van der Waals surface area contributed by atoms with Gasteiger partial charge in [0.2, 0.25) is 5.91 Å². The summed E-state index contributed by atoms with van der Waals surface area (Å²) in [7, 11) is 0. The Morgan fingerprint density at radius 3 is 3.00 bits per heavy atom. The number of aromatic nitrogens is 1. The third kappa shape index (κ3) is 2.79. The lowest BCUT2D eigenvalue weighted by Crippen LogP contribution is -2.20. The van der Waals surface area contributed by atoms with Gasteiger partial charge in [0.1, 0.15) is 0 Å². The van der Waals surface area contributed by atoms with Crippen LogP contribution in [-0.2, 0) is 4.79 Å². The van der Waals surface area contributed by atoms with Gasteiger partial charge in [-0.3, -0.25) is 9.78 Å². The molecule has 1 unspecified atom stereocenters. The number of thiol groups is 1. The lowest BCUT2D eigenvalue weighted by Gasteiger charge is -2.09. The first-order valence-corrected chi connectivity index (χ1v) is 6.42. The average Bonchev–Trinajstić information content (AvgIpc) is 2.28. The van der Waals surface area contributed by atoms with Crippen LogP contribution in [0.25, 0.3) is 10.9 Å². The Bertz CT molecular complexity index is 571. The van der Waals surface area contributed by atoms with Crippen molar-refractivity contribution in [1.29, 1.82) is 0 Å². The smallest absolute Gasteiger partial charge is 0.236 e. The summed E-state index contributed by atoms with van der Waals surface area (Å²) < 4.78 is 0.913. The SMILES string of the molecule is CC(S)C(=O)Nc1cccc2cc(Br)cnc12. The minimum Gasteiger partial charge on any atom is -0.323 e. The molecule has 3 nitrogen and oxygen atoms in total. The minimum absolute atomic E-state index is 0.134. The van der Waals surface area contributed by atoms with Gasteiger partial charge in [0.05, 0.1) is 16.5 Å². The summed E-state index contributed by atoms with van der Waals surface area (Å²) in [4.78, 5) is 15.9. The van der Waals surface area contributed by atoms with Gasteiger partial charge in [0.15, 0.2) is 0 Å². The van der Waals surface area contributed by atoms with Crippen LogP contribution in [0.2, 0.25) is 0 Å². The zero-order chi connectivity index (χ0) is 12.4. The van der Waals surface area contributed by atoms with Crippen molar-refractivity contribution in [3.63, 3.8) is 0 Å². The lowest BCUT2D eigenvalue weighted by atomic mass is 10.2. The number of para-hydroxylation sites is 1. The summed E-state index contributed by atoms with van der Waals surface area (Å²) in [5.74, 6) is -0.134. The molecule has 0 saturated heterocycles. The van der Waals surface area contributed by atoms with E-state index in [-0.39, 0.29) is 11.2 Å². The van der Waals surface area contributed by atoms with Gasteiger partial charge >= 0.3 is 0 Å². The highest BCUT2D eigenvalue weighted by molar-refractivity contribution is 9.10. The van der Waals surface area contributed by atoms with Crippen LogP contribution in [0.1, 0.15) is 6.92 Å². The summed E-state index contributed by atoms with van der Waals surface area (Å²) in [6.45, 7) is 1.73. The van der Waals surface area contributed by atoms with E-state index in [2.05, 4.69) is 38.9 Å². The quantitative estimate of drug-likeness (QED) is 0.836. The third-order valence-electron chi connectivity index (χ3n) is 2.31. The molecule has 88 valence electrons. The monoisotopic (exact) mass is 310 g/mol. The van der Waals surface area contributed by atoms with Gasteiger partial charge in [-0.25, -0.2) is 0 Å². The molecule has 0 spiro atoms. The van der Waals surface area contributed by atoms with E-state index in [4.69, 9.17) is 0 Å². The van der Waals surface area contributed by atoms with E-state index in [0.29, 0.717) is 5.69 Å². The fourth-order valence-corrected chi connectivity index (χ4v) is 1.89. The molecule has 1 amide bonds. The minimum atomic E-state index is -0.347. The van der Waals surface area contributed by atoms with Crippen molar-refractivity contribution in [2.75, 3.05) is 5.32 Å². The number of anilines is 1. The predicted molar refractivity (Wildman–Crippen MR) is 76.5 cm³/mol. The number of halogens is 1. The molecule has 0 aliphatic heterocycles. The summed E-state index contributed by atoms with van der Waals surface area (Å²) in [6.07, 6.45) is 1.71. The Labute approximate surface area is 113 Å². The molecule has 0 aliphatic rings. The number of rotatable bonds is 2. The van der Waals surface area contributed by atoms with E-state index in [1.54, 1.807) is 13.1 Å². The van der Waals surface area contributed by atoms with Crippen LogP contribution in [0.15, 0.2) is 34.9 Å². The van der Waals surface area contributed by atoms with E-state index in [0.717, 1.165) is 15.4 Å². The second kappa shape index (κ2) is 5.06. The number of hydrogen-bond acceptors (Lipinski definition) is 3. The molecule has 1 heterocycles. The number of nitrogens with one attached hydrogen (secondary N) is 1. The third-order valence-corrected chi connectivity index (χ3v) is 2.98. The molecule has 2 rings (SSSR count). The number of amides is 1. The Morgan fingerprint density at radius 2 is 2.29 bits per heavy atom. The van der Waals surface area contributed by atoms with E-state index >= 15 is 0 Å². The Morgan fingerprint density at radius 1 is 1.53 bits per heavy atom. The predicted octanol–water partition coefficient (Wildman–Crippen LogP) is 3.25. The van der Waals surface area contributed by atoms with Crippen LogP contribution in [0, 0.1) is 0 Å². The summed E-state index contributed by atoms with van der Waals surface area (Å²) >= 11 is 7.46. The summed E-state index contributed by atoms with van der Waals surface area (Å²) in [5, 5.41) is 3.44. The molecule has 1 aromatic carbocycles. The zero-order valence-electron chi connectivity index (χ0n) is 9.14. The van der Waals surface area contributed by atoms with Crippen molar-refractivity contribution in [2.45, 2.75) is 12.2 Å². The van der Waals surface area contributed by atoms with E-state index in [1.807, 2.05) is 24.3 Å². The molecule has 17 heavy (non-hydrogen) atoms. The standard InChI is InChI=1S/C12H11BrN2OS/c1-7(17)12(16)15-10-4-2-3-8-5-9(13)6-14-11(8)10/h2-7,17H,1H3,(H,15,16). The number of fused-ring (bicyclic) bond motifs is 1. The number of carbonyl (C=O) groups excluding carboxylic acids is 1. The number of pyridine rings is 1. The van der Waals surface area contributed by atoms with Gasteiger partial charge < -0.3 is 5.32 Å². The molecule has 0 bridgehead atoms. The number of carbonyl (C=O) groups is 1. The maximum absolute atomic E-state index is 11.6. The van der Waals surface area contributed by atoms with Gasteiger partial charge in [-0.1, -0.05) is 12.1 Å². The van der Waals surface area contributed by atoms with Crippen molar-refractivity contribution in [3.8, 4) is 0 Å². The van der Waals surface area contributed by atoms with Crippen molar-refractivity contribution in [3.05, 3.63) is 34.9 Å². The molecular formula is C12H11BrN2OS. The number of hydrogen-bond donors (Lipinski definition) is 2. The highest BCUT2D eigenvalue weighted by Crippen LogP contribution is 2.24. The normalized spacial score (nSPS) is 12.4. The van der Waals surface area contributed by atoms with Crippen LogP contribution in [-0.4, -0.2) is 16.1 Å². The van der Waals surface area contributed by atoms with Gasteiger partial charge in [-0.2, -0.15) is 12.6 Å². The van der Waals surface area contributed by atoms with Crippen LogP contribution in [0.4, 0.5) is 5.69 Å². The largest absolute Gasteiger partial charge is 0.323 e. The van der Waals surface area contributed by atoms with E-state index in [1.165, 1.54) is 0 Å². The summed E-state index contributed by atoms with van der Waals surface area (Å²) in [5.41, 5.74) is 1.49. The molecule has 0 radical (unpaired) electrons. The first-order chi connectivity index (χ1) is 8.08. The van der Waals surface area contributed by atoms with Crippen LogP contribution < -0.4 is 5.32 Å². The van der Waals surface area contributed by atoms with E-state index in [9.17, 15) is 4.79 Å². The first-order valence-electron chi connectivity index (χ1n) is 5.11. The highest BCUT2D eigenvalue weighted by atomic mass is 79.9. The van der Waals surface area contributed by atoms with E-state index < -0.39 is 0 Å². The Balaban J connectivity index is 2.44. The van der Waals surface area contributed by atoms with Gasteiger partial charge in [0, 0.05) is 16.1 Å². The first kappa shape index (κ1) is 12.4. The van der Waals surface area contributed by atoms with Gasteiger partial charge in [-0.05, 0) is 35.0 Å². The van der Waals surface area contributed by atoms with Gasteiger partial charge in [0.25, 0.3) is 0 Å². The molecule has 1 aromatic heterocycles. The molecule has 0 saturated carbocycles. The van der Waals surface area contributed by atoms with Crippen molar-refractivity contribution in [1.82, 2.24) is 4.98 Å². The maximum atomic E-state index is 11.6. The fourth-order valence-electron chi connectivity index (χ4n) is 1.47. The van der Waals surface area contributed by atoms with Crippen LogP contribution >= 0.6 is 28.6 Å². The van der Waals surface area contributed by atoms with Crippen molar-refractivity contribution in [2.24, 2.45) is 0 Å². The topological polar surface area (TPSA) is 42.0 Å². The van der Waals surface area contributed by atoms with Crippen LogP contribution in [0.5, 0.6) is 0 Å². The molecule has 5 heteroatoms. The van der Waals surface area contributed by atoms with Crippen molar-refractivity contribution < 1.29 is 4.79 Å². The number of benzene rings is 1. The lowest BCUT2D eigenvalue weighted by molar-refractivity contribution is -0.115. The summed E-state index contributed by atoms with van der Waals surface area (Å²) in [6, 6.07) is 7.63. The van der Waals surface area contributed by atoms with Gasteiger partial charge in [-0.15, -0.1) is 0 Å². The molecule has 2 aromatic rings. The second-order valence-corrected chi connectivity index (χ2v) is 5.39. The zero-order valence-corrected chi connectivity index (χ0v) is 11.6. The van der Waals surface area contributed by atoms with Crippen LogP contribution in [0.3, 0.4) is 0 Å². The Kier molecular flexibility index (Phi) is 3.69. The van der Waals surface area contributed by atoms with Crippen molar-refractivity contribution >= 4 is 51.1 Å². The second-order valence-electron chi connectivity index (χ2n) is 3.70. The fraction of sp³-hybridized carbons (Fsp3) is 0.167. The highest BCUT2D eigenvalue weighted by Gasteiger charge is 2.10. The molecular weight excluding hydrogens is 300 g/mol.